The maximum absolute atomic E-state index is 11.7. The van der Waals surface area contributed by atoms with Crippen molar-refractivity contribution in [2.75, 3.05) is 44.2 Å². The van der Waals surface area contributed by atoms with Crippen LogP contribution in [0.25, 0.3) is 5.65 Å². The fourth-order valence-electron chi connectivity index (χ4n) is 3.87. The highest BCUT2D eigenvalue weighted by Crippen LogP contribution is 2.19. The van der Waals surface area contributed by atoms with Gasteiger partial charge < -0.3 is 9.80 Å². The molecular formula is C17H25N7O. The Morgan fingerprint density at radius 1 is 1.20 bits per heavy atom. The Morgan fingerprint density at radius 2 is 2.12 bits per heavy atom. The van der Waals surface area contributed by atoms with Crippen LogP contribution in [-0.4, -0.2) is 80.8 Å². The minimum atomic E-state index is 0.327. The fourth-order valence-corrected chi connectivity index (χ4v) is 3.87. The number of hydrogen-bond acceptors (Lipinski definition) is 6. The molecule has 4 rings (SSSR count). The molecule has 0 aliphatic carbocycles. The van der Waals surface area contributed by atoms with Crippen molar-refractivity contribution in [3.63, 3.8) is 0 Å². The summed E-state index contributed by atoms with van der Waals surface area (Å²) < 4.78 is 1.72. The molecule has 0 bridgehead atoms. The summed E-state index contributed by atoms with van der Waals surface area (Å²) in [5.74, 6) is 1.30. The van der Waals surface area contributed by atoms with Crippen molar-refractivity contribution in [3.8, 4) is 0 Å². The predicted molar refractivity (Wildman–Crippen MR) is 94.5 cm³/mol. The van der Waals surface area contributed by atoms with E-state index < -0.39 is 0 Å². The molecule has 2 aromatic rings. The molecule has 0 unspecified atom stereocenters. The van der Waals surface area contributed by atoms with Crippen molar-refractivity contribution < 1.29 is 4.79 Å². The second-order valence-electron chi connectivity index (χ2n) is 7.01. The molecule has 134 valence electrons. The van der Waals surface area contributed by atoms with Gasteiger partial charge in [-0.25, -0.2) is 0 Å². The van der Waals surface area contributed by atoms with Gasteiger partial charge in [0.05, 0.1) is 0 Å². The maximum atomic E-state index is 11.7. The van der Waals surface area contributed by atoms with Crippen molar-refractivity contribution >= 4 is 17.4 Å². The van der Waals surface area contributed by atoms with Gasteiger partial charge in [-0.15, -0.1) is 15.3 Å². The zero-order chi connectivity index (χ0) is 17.2. The number of carbonyl (C=O) groups is 1. The number of fused-ring (bicyclic) bond motifs is 1. The number of amides is 1. The maximum Gasteiger partial charge on any atom is 0.222 e. The lowest BCUT2D eigenvalue weighted by Crippen LogP contribution is -2.52. The molecule has 0 saturated carbocycles. The Hall–Kier alpha value is -2.22. The Morgan fingerprint density at radius 3 is 2.92 bits per heavy atom. The predicted octanol–water partition coefficient (Wildman–Crippen LogP) is 0.647. The van der Waals surface area contributed by atoms with E-state index in [0.29, 0.717) is 11.9 Å². The molecule has 8 nitrogen and oxygen atoms in total. The first-order valence-electron chi connectivity index (χ1n) is 9.14. The first-order chi connectivity index (χ1) is 12.2. The number of hydrogen-bond donors (Lipinski definition) is 0. The average molecular weight is 343 g/mol. The molecule has 4 heterocycles. The van der Waals surface area contributed by atoms with Gasteiger partial charge in [0.25, 0.3) is 0 Å². The summed E-state index contributed by atoms with van der Waals surface area (Å²) >= 11 is 0. The number of aromatic nitrogens is 4. The first kappa shape index (κ1) is 16.3. The van der Waals surface area contributed by atoms with Gasteiger partial charge in [-0.3, -0.25) is 9.69 Å². The highest BCUT2D eigenvalue weighted by Gasteiger charge is 2.25. The van der Waals surface area contributed by atoms with Gasteiger partial charge in [0.2, 0.25) is 5.91 Å². The van der Waals surface area contributed by atoms with Crippen LogP contribution in [0.4, 0.5) is 5.82 Å². The molecule has 2 aromatic heterocycles. The van der Waals surface area contributed by atoms with Crippen molar-refractivity contribution in [2.24, 2.45) is 0 Å². The number of likely N-dealkylation sites (tertiary alicyclic amines) is 1. The first-order valence-corrected chi connectivity index (χ1v) is 9.14. The molecule has 0 N–H and O–H groups in total. The standard InChI is InChI=1S/C17H25N7O/c1-14-12-21(7-3-9-22-8-2-4-17(22)25)10-11-23(14)16-6-5-15-19-18-13-24(15)20-16/h5-6,13-14H,2-4,7-12H2,1H3/t14-/m0/s1. The second kappa shape index (κ2) is 6.95. The lowest BCUT2D eigenvalue weighted by atomic mass is 10.2. The summed E-state index contributed by atoms with van der Waals surface area (Å²) in [7, 11) is 0. The van der Waals surface area contributed by atoms with Crippen LogP contribution in [0.3, 0.4) is 0 Å². The van der Waals surface area contributed by atoms with Crippen molar-refractivity contribution in [1.82, 2.24) is 29.6 Å². The van der Waals surface area contributed by atoms with Crippen LogP contribution in [-0.2, 0) is 4.79 Å². The van der Waals surface area contributed by atoms with Gasteiger partial charge >= 0.3 is 0 Å². The normalized spacial score (nSPS) is 22.3. The van der Waals surface area contributed by atoms with Gasteiger partial charge in [0.15, 0.2) is 5.65 Å². The van der Waals surface area contributed by atoms with Crippen molar-refractivity contribution in [3.05, 3.63) is 18.5 Å². The smallest absolute Gasteiger partial charge is 0.222 e. The lowest BCUT2D eigenvalue weighted by molar-refractivity contribution is -0.127. The molecular weight excluding hydrogens is 318 g/mol. The molecule has 1 amide bonds. The Kier molecular flexibility index (Phi) is 4.52. The zero-order valence-corrected chi connectivity index (χ0v) is 14.7. The molecule has 8 heteroatoms. The van der Waals surface area contributed by atoms with E-state index in [1.807, 2.05) is 17.0 Å². The van der Waals surface area contributed by atoms with E-state index in [1.54, 1.807) is 10.8 Å². The van der Waals surface area contributed by atoms with E-state index in [0.717, 1.165) is 70.0 Å². The summed E-state index contributed by atoms with van der Waals surface area (Å²) in [6.45, 7) is 8.16. The third kappa shape index (κ3) is 3.44. The van der Waals surface area contributed by atoms with Crippen LogP contribution in [0, 0.1) is 0 Å². The molecule has 2 saturated heterocycles. The highest BCUT2D eigenvalue weighted by atomic mass is 16.2. The summed E-state index contributed by atoms with van der Waals surface area (Å²) in [6.07, 6.45) is 4.46. The topological polar surface area (TPSA) is 69.9 Å². The number of nitrogens with zero attached hydrogens (tertiary/aromatic N) is 7. The summed E-state index contributed by atoms with van der Waals surface area (Å²) in [4.78, 5) is 18.5. The molecule has 25 heavy (non-hydrogen) atoms. The summed E-state index contributed by atoms with van der Waals surface area (Å²) in [6, 6.07) is 4.39. The van der Waals surface area contributed by atoms with E-state index in [4.69, 9.17) is 0 Å². The third-order valence-corrected chi connectivity index (χ3v) is 5.23. The van der Waals surface area contributed by atoms with Crippen LogP contribution >= 0.6 is 0 Å². The second-order valence-corrected chi connectivity index (χ2v) is 7.01. The van der Waals surface area contributed by atoms with E-state index in [2.05, 4.69) is 32.0 Å². The van der Waals surface area contributed by atoms with Crippen LogP contribution in [0.2, 0.25) is 0 Å². The lowest BCUT2D eigenvalue weighted by Gasteiger charge is -2.40. The Bertz CT molecular complexity index is 745. The molecule has 2 aliphatic heterocycles. The van der Waals surface area contributed by atoms with Crippen LogP contribution in [0.5, 0.6) is 0 Å². The number of piperazine rings is 1. The number of rotatable bonds is 5. The SMILES string of the molecule is C[C@H]1CN(CCCN2CCCC2=O)CCN1c1ccc2nncn2n1. The van der Waals surface area contributed by atoms with Crippen LogP contribution in [0.15, 0.2) is 18.5 Å². The van der Waals surface area contributed by atoms with Crippen LogP contribution < -0.4 is 4.90 Å². The summed E-state index contributed by atoms with van der Waals surface area (Å²) in [5.41, 5.74) is 0.770. The molecule has 0 radical (unpaired) electrons. The van der Waals surface area contributed by atoms with E-state index in [1.165, 1.54) is 0 Å². The van der Waals surface area contributed by atoms with E-state index in [-0.39, 0.29) is 0 Å². The Labute approximate surface area is 147 Å². The van der Waals surface area contributed by atoms with Gasteiger partial charge in [0, 0.05) is 45.2 Å². The molecule has 2 fully saturated rings. The minimum absolute atomic E-state index is 0.327. The molecule has 1 atom stereocenters. The Balaban J connectivity index is 1.30. The number of carbonyl (C=O) groups excluding carboxylic acids is 1. The zero-order valence-electron chi connectivity index (χ0n) is 14.7. The van der Waals surface area contributed by atoms with Crippen molar-refractivity contribution in [2.45, 2.75) is 32.2 Å². The van der Waals surface area contributed by atoms with E-state index in [9.17, 15) is 4.79 Å². The monoisotopic (exact) mass is 343 g/mol. The van der Waals surface area contributed by atoms with Gasteiger partial charge in [-0.05, 0) is 38.4 Å². The molecule has 2 aliphatic rings. The van der Waals surface area contributed by atoms with Gasteiger partial charge in [0.1, 0.15) is 12.1 Å². The fraction of sp³-hybridized carbons (Fsp3) is 0.647. The largest absolute Gasteiger partial charge is 0.350 e. The van der Waals surface area contributed by atoms with Gasteiger partial charge in [-0.1, -0.05) is 0 Å². The van der Waals surface area contributed by atoms with Crippen LogP contribution in [0.1, 0.15) is 26.2 Å². The molecule has 0 spiro atoms. The van der Waals surface area contributed by atoms with E-state index >= 15 is 0 Å². The number of anilines is 1. The van der Waals surface area contributed by atoms with Gasteiger partial charge in [-0.2, -0.15) is 4.52 Å². The third-order valence-electron chi connectivity index (χ3n) is 5.23. The quantitative estimate of drug-likeness (QED) is 0.794. The average Bonchev–Trinajstić information content (AvgIpc) is 3.23. The minimum Gasteiger partial charge on any atom is -0.350 e. The highest BCUT2D eigenvalue weighted by molar-refractivity contribution is 5.77. The molecule has 0 aromatic carbocycles. The van der Waals surface area contributed by atoms with Crippen molar-refractivity contribution in [1.29, 1.82) is 0 Å². The summed E-state index contributed by atoms with van der Waals surface area (Å²) in [5, 5.41) is 12.5.